The number of halogens is 2. The van der Waals surface area contributed by atoms with Crippen LogP contribution in [0.4, 0.5) is 0 Å². The predicted molar refractivity (Wildman–Crippen MR) is 51.6 cm³/mol. The van der Waals surface area contributed by atoms with E-state index in [9.17, 15) is 0 Å². The maximum absolute atomic E-state index is 5.59. The van der Waals surface area contributed by atoms with Gasteiger partial charge in [-0.2, -0.15) is 0 Å². The van der Waals surface area contributed by atoms with E-state index >= 15 is 0 Å². The number of nitrogens with zero attached hydrogens (tertiary/aromatic N) is 2. The van der Waals surface area contributed by atoms with Crippen molar-refractivity contribution in [1.29, 1.82) is 0 Å². The normalized spacial score (nSPS) is 10.7. The number of nitrogens with one attached hydrogen (secondary N) is 1. The monoisotopic (exact) mass is 279 g/mol. The Kier molecular flexibility index (Phi) is 1.72. The molecule has 2 heterocycles. The van der Waals surface area contributed by atoms with Crippen molar-refractivity contribution in [2.45, 2.75) is 0 Å². The van der Waals surface area contributed by atoms with Gasteiger partial charge < -0.3 is 4.98 Å². The number of H-pyrrole nitrogens is 1. The third-order valence-corrected chi connectivity index (χ3v) is 2.07. The molecule has 2 rings (SSSR count). The first-order chi connectivity index (χ1) is 5.25. The van der Waals surface area contributed by atoms with E-state index in [4.69, 9.17) is 11.6 Å². The molecule has 11 heavy (non-hydrogen) atoms. The van der Waals surface area contributed by atoms with Crippen LogP contribution in [0.3, 0.4) is 0 Å². The first-order valence-electron chi connectivity index (χ1n) is 2.92. The Balaban J connectivity index is 2.82. The van der Waals surface area contributed by atoms with Crippen LogP contribution >= 0.6 is 34.2 Å². The van der Waals surface area contributed by atoms with Crippen LogP contribution in [0.2, 0.25) is 5.28 Å². The molecule has 0 saturated heterocycles. The van der Waals surface area contributed by atoms with Crippen molar-refractivity contribution >= 4 is 45.2 Å². The largest absolute Gasteiger partial charge is 0.347 e. The van der Waals surface area contributed by atoms with Gasteiger partial charge in [0, 0.05) is 0 Å². The molecule has 3 nitrogen and oxygen atoms in total. The Hall–Kier alpha value is -0.360. The molecule has 2 aromatic heterocycles. The summed E-state index contributed by atoms with van der Waals surface area (Å²) in [7, 11) is 0. The Morgan fingerprint density at radius 3 is 3.18 bits per heavy atom. The lowest BCUT2D eigenvalue weighted by molar-refractivity contribution is 1.22. The Bertz CT molecular complexity index is 398. The summed E-state index contributed by atoms with van der Waals surface area (Å²) in [6.07, 6.45) is 1.67. The van der Waals surface area contributed by atoms with Crippen molar-refractivity contribution in [3.05, 3.63) is 21.2 Å². The van der Waals surface area contributed by atoms with Crippen LogP contribution in [0.5, 0.6) is 0 Å². The van der Waals surface area contributed by atoms with Crippen molar-refractivity contribution in [3.8, 4) is 0 Å². The number of fused-ring (bicyclic) bond motifs is 1. The number of rotatable bonds is 0. The average Bonchev–Trinajstić information content (AvgIpc) is 2.27. The minimum atomic E-state index is 0.285. The zero-order valence-corrected chi connectivity index (χ0v) is 8.22. The topological polar surface area (TPSA) is 41.6 Å². The van der Waals surface area contributed by atoms with Gasteiger partial charge in [-0.05, 0) is 40.3 Å². The molecule has 0 atom stereocenters. The van der Waals surface area contributed by atoms with Crippen LogP contribution in [0.1, 0.15) is 0 Å². The van der Waals surface area contributed by atoms with E-state index in [1.54, 1.807) is 6.20 Å². The molecule has 0 aliphatic carbocycles. The Morgan fingerprint density at radius 2 is 2.36 bits per heavy atom. The molecule has 0 amide bonds. The van der Waals surface area contributed by atoms with Gasteiger partial charge in [0.2, 0.25) is 5.28 Å². The van der Waals surface area contributed by atoms with Gasteiger partial charge in [0.15, 0.2) is 0 Å². The average molecular weight is 279 g/mol. The maximum atomic E-state index is 5.59. The molecule has 2 aromatic rings. The Labute approximate surface area is 81.3 Å². The number of hydrogen-bond donors (Lipinski definition) is 1. The highest BCUT2D eigenvalue weighted by molar-refractivity contribution is 14.1. The van der Waals surface area contributed by atoms with E-state index in [2.05, 4.69) is 37.5 Å². The van der Waals surface area contributed by atoms with E-state index in [1.807, 2.05) is 6.07 Å². The second-order valence-corrected chi connectivity index (χ2v) is 3.56. The fourth-order valence-electron chi connectivity index (χ4n) is 0.864. The molecule has 5 heteroatoms. The molecule has 0 aromatic carbocycles. The van der Waals surface area contributed by atoms with Gasteiger partial charge in [-0.3, -0.25) is 0 Å². The van der Waals surface area contributed by atoms with Crippen molar-refractivity contribution in [2.75, 3.05) is 0 Å². The van der Waals surface area contributed by atoms with Gasteiger partial charge in [-0.1, -0.05) is 0 Å². The van der Waals surface area contributed by atoms with E-state index in [1.165, 1.54) is 0 Å². The number of hydrogen-bond acceptors (Lipinski definition) is 2. The molecular formula is C6H3ClIN3. The highest BCUT2D eigenvalue weighted by Gasteiger charge is 1.99. The molecule has 0 unspecified atom stereocenters. The lowest BCUT2D eigenvalue weighted by Crippen LogP contribution is -1.79. The molecule has 56 valence electrons. The van der Waals surface area contributed by atoms with Gasteiger partial charge in [0.25, 0.3) is 0 Å². The quantitative estimate of drug-likeness (QED) is 0.593. The molecule has 1 N–H and O–H groups in total. The lowest BCUT2D eigenvalue weighted by atomic mass is 10.5. The van der Waals surface area contributed by atoms with Crippen LogP contribution in [0, 0.1) is 3.70 Å². The van der Waals surface area contributed by atoms with Gasteiger partial charge in [-0.25, -0.2) is 9.97 Å². The second-order valence-electron chi connectivity index (χ2n) is 2.06. The SMILES string of the molecule is Clc1ncc2[nH]c(I)cc2n1. The second kappa shape index (κ2) is 2.60. The molecule has 0 saturated carbocycles. The van der Waals surface area contributed by atoms with Crippen molar-refractivity contribution in [2.24, 2.45) is 0 Å². The zero-order chi connectivity index (χ0) is 7.84. The summed E-state index contributed by atoms with van der Waals surface area (Å²) in [6, 6.07) is 1.92. The van der Waals surface area contributed by atoms with E-state index < -0.39 is 0 Å². The Morgan fingerprint density at radius 1 is 1.55 bits per heavy atom. The first kappa shape index (κ1) is 7.30. The summed E-state index contributed by atoms with van der Waals surface area (Å²) in [5.41, 5.74) is 1.77. The smallest absolute Gasteiger partial charge is 0.223 e. The summed E-state index contributed by atoms with van der Waals surface area (Å²) in [5, 5.41) is 0.285. The third kappa shape index (κ3) is 1.32. The number of aromatic amines is 1. The van der Waals surface area contributed by atoms with Crippen LogP contribution in [-0.4, -0.2) is 15.0 Å². The summed E-state index contributed by atoms with van der Waals surface area (Å²) in [5.74, 6) is 0. The predicted octanol–water partition coefficient (Wildman–Crippen LogP) is 2.22. The summed E-state index contributed by atoms with van der Waals surface area (Å²) in [6.45, 7) is 0. The highest BCUT2D eigenvalue weighted by Crippen LogP contribution is 2.14. The van der Waals surface area contributed by atoms with Crippen LogP contribution < -0.4 is 0 Å². The van der Waals surface area contributed by atoms with E-state index in [-0.39, 0.29) is 5.28 Å². The highest BCUT2D eigenvalue weighted by atomic mass is 127. The minimum Gasteiger partial charge on any atom is -0.347 e. The molecule has 0 bridgehead atoms. The van der Waals surface area contributed by atoms with E-state index in [0.29, 0.717) is 0 Å². The summed E-state index contributed by atoms with van der Waals surface area (Å²) >= 11 is 7.77. The summed E-state index contributed by atoms with van der Waals surface area (Å²) in [4.78, 5) is 10.9. The zero-order valence-electron chi connectivity index (χ0n) is 5.31. The van der Waals surface area contributed by atoms with Gasteiger partial charge in [0.05, 0.1) is 20.9 Å². The van der Waals surface area contributed by atoms with Gasteiger partial charge >= 0.3 is 0 Å². The van der Waals surface area contributed by atoms with Crippen molar-refractivity contribution < 1.29 is 0 Å². The fourth-order valence-corrected chi connectivity index (χ4v) is 1.59. The van der Waals surface area contributed by atoms with Crippen molar-refractivity contribution in [3.63, 3.8) is 0 Å². The maximum Gasteiger partial charge on any atom is 0.223 e. The molecular weight excluding hydrogens is 276 g/mol. The fraction of sp³-hybridized carbons (Fsp3) is 0. The minimum absolute atomic E-state index is 0.285. The van der Waals surface area contributed by atoms with Gasteiger partial charge in [0.1, 0.15) is 0 Å². The van der Waals surface area contributed by atoms with Crippen molar-refractivity contribution in [1.82, 2.24) is 15.0 Å². The molecule has 0 radical (unpaired) electrons. The van der Waals surface area contributed by atoms with Crippen LogP contribution in [0.15, 0.2) is 12.3 Å². The molecule has 0 fully saturated rings. The first-order valence-corrected chi connectivity index (χ1v) is 4.38. The van der Waals surface area contributed by atoms with Crippen LogP contribution in [-0.2, 0) is 0 Å². The summed E-state index contributed by atoms with van der Waals surface area (Å²) < 4.78 is 1.04. The molecule has 0 spiro atoms. The lowest BCUT2D eigenvalue weighted by Gasteiger charge is -1.86. The third-order valence-electron chi connectivity index (χ3n) is 1.31. The standard InChI is InChI=1S/C6H3ClIN3/c7-6-9-2-4-3(11-6)1-5(8)10-4/h1-2,10H. The number of aromatic nitrogens is 3. The van der Waals surface area contributed by atoms with Gasteiger partial charge in [-0.15, -0.1) is 0 Å². The van der Waals surface area contributed by atoms with Crippen LogP contribution in [0.25, 0.3) is 11.0 Å². The molecule has 0 aliphatic heterocycles. The molecule has 0 aliphatic rings. The van der Waals surface area contributed by atoms with E-state index in [0.717, 1.165) is 14.7 Å².